The predicted octanol–water partition coefficient (Wildman–Crippen LogP) is 1.96. The van der Waals surface area contributed by atoms with Gasteiger partial charge in [0.25, 0.3) is 0 Å². The zero-order chi connectivity index (χ0) is 14.1. The van der Waals surface area contributed by atoms with Gasteiger partial charge in [-0.3, -0.25) is 9.59 Å². The first-order valence-corrected chi connectivity index (χ1v) is 7.93. The van der Waals surface area contributed by atoms with Crippen molar-refractivity contribution in [1.29, 1.82) is 0 Å². The van der Waals surface area contributed by atoms with Gasteiger partial charge in [-0.15, -0.1) is 11.3 Å². The third kappa shape index (κ3) is 2.59. The van der Waals surface area contributed by atoms with E-state index in [1.54, 1.807) is 16.2 Å². The topological polar surface area (TPSA) is 70.5 Å². The maximum atomic E-state index is 12.0. The molecule has 0 aromatic carbocycles. The summed E-state index contributed by atoms with van der Waals surface area (Å²) in [6.45, 7) is 0.630. The number of nitrogens with zero attached hydrogens (tertiary/aromatic N) is 2. The third-order valence-electron chi connectivity index (χ3n) is 3.24. The van der Waals surface area contributed by atoms with Crippen LogP contribution in [0.3, 0.4) is 0 Å². The largest absolute Gasteiger partial charge is 0.481 e. The van der Waals surface area contributed by atoms with Crippen LogP contribution in [0.1, 0.15) is 5.69 Å². The van der Waals surface area contributed by atoms with E-state index in [1.165, 1.54) is 11.3 Å². The van der Waals surface area contributed by atoms with Gasteiger partial charge >= 0.3 is 5.97 Å². The van der Waals surface area contributed by atoms with E-state index < -0.39 is 11.9 Å². The number of carboxylic acid groups (broad SMARTS) is 1. The molecular weight excluding hydrogens is 296 g/mol. The summed E-state index contributed by atoms with van der Waals surface area (Å²) in [5.74, 6) is -1.29. The number of amides is 1. The summed E-state index contributed by atoms with van der Waals surface area (Å²) in [4.78, 5) is 28.7. The molecule has 1 saturated heterocycles. The molecule has 0 saturated carbocycles. The molecule has 0 unspecified atom stereocenters. The summed E-state index contributed by atoms with van der Waals surface area (Å²) < 4.78 is 0. The monoisotopic (exact) mass is 308 g/mol. The van der Waals surface area contributed by atoms with Gasteiger partial charge in [-0.2, -0.15) is 11.3 Å². The molecule has 0 bridgehead atoms. The van der Waals surface area contributed by atoms with Crippen LogP contribution in [0.15, 0.2) is 22.2 Å². The van der Waals surface area contributed by atoms with Crippen molar-refractivity contribution in [2.75, 3.05) is 13.1 Å². The van der Waals surface area contributed by atoms with Crippen molar-refractivity contribution in [1.82, 2.24) is 9.88 Å². The summed E-state index contributed by atoms with van der Waals surface area (Å²) in [7, 11) is 0. The van der Waals surface area contributed by atoms with Crippen LogP contribution in [0.4, 0.5) is 0 Å². The lowest BCUT2D eigenvalue weighted by Gasteiger charge is -2.36. The van der Waals surface area contributed by atoms with Gasteiger partial charge in [-0.05, 0) is 11.4 Å². The van der Waals surface area contributed by atoms with Gasteiger partial charge in [0.2, 0.25) is 5.91 Å². The van der Waals surface area contributed by atoms with Crippen molar-refractivity contribution < 1.29 is 14.7 Å². The number of rotatable bonds is 4. The van der Waals surface area contributed by atoms with Crippen molar-refractivity contribution in [2.24, 2.45) is 5.92 Å². The van der Waals surface area contributed by atoms with Gasteiger partial charge in [0, 0.05) is 29.4 Å². The molecule has 2 aromatic heterocycles. The smallest absolute Gasteiger partial charge is 0.310 e. The van der Waals surface area contributed by atoms with Gasteiger partial charge < -0.3 is 10.0 Å². The predicted molar refractivity (Wildman–Crippen MR) is 76.8 cm³/mol. The van der Waals surface area contributed by atoms with E-state index in [1.807, 2.05) is 22.2 Å². The van der Waals surface area contributed by atoms with Gasteiger partial charge in [-0.25, -0.2) is 4.98 Å². The second kappa shape index (κ2) is 5.34. The number of aliphatic carboxylic acids is 1. The fourth-order valence-electron chi connectivity index (χ4n) is 2.01. The maximum absolute atomic E-state index is 12.0. The Labute approximate surface area is 123 Å². The van der Waals surface area contributed by atoms with Gasteiger partial charge in [0.05, 0.1) is 18.0 Å². The molecule has 7 heteroatoms. The number of thiazole rings is 1. The molecule has 1 aliphatic heterocycles. The maximum Gasteiger partial charge on any atom is 0.310 e. The van der Waals surface area contributed by atoms with Gasteiger partial charge in [-0.1, -0.05) is 0 Å². The van der Waals surface area contributed by atoms with Crippen LogP contribution in [-0.4, -0.2) is 40.0 Å². The number of thiophene rings is 1. The fraction of sp³-hybridized carbons (Fsp3) is 0.308. The molecule has 1 fully saturated rings. The van der Waals surface area contributed by atoms with Crippen molar-refractivity contribution in [3.8, 4) is 10.6 Å². The lowest BCUT2D eigenvalue weighted by atomic mass is 10.00. The highest BCUT2D eigenvalue weighted by Crippen LogP contribution is 2.26. The van der Waals surface area contributed by atoms with Gasteiger partial charge in [0.15, 0.2) is 0 Å². The molecular formula is C13H12N2O3S2. The highest BCUT2D eigenvalue weighted by Gasteiger charge is 2.35. The number of likely N-dealkylation sites (tertiary alicyclic amines) is 1. The van der Waals surface area contributed by atoms with Crippen LogP contribution in [0, 0.1) is 5.92 Å². The van der Waals surface area contributed by atoms with Crippen molar-refractivity contribution in [3.05, 3.63) is 27.9 Å². The first-order chi connectivity index (χ1) is 9.63. The van der Waals surface area contributed by atoms with Crippen molar-refractivity contribution >= 4 is 34.6 Å². The third-order valence-corrected chi connectivity index (χ3v) is 4.86. The highest BCUT2D eigenvalue weighted by molar-refractivity contribution is 7.14. The molecule has 1 N–H and O–H groups in total. The number of aromatic nitrogens is 1. The van der Waals surface area contributed by atoms with E-state index in [4.69, 9.17) is 5.11 Å². The molecule has 1 amide bonds. The first kappa shape index (κ1) is 13.3. The molecule has 0 atom stereocenters. The van der Waals surface area contributed by atoms with Crippen LogP contribution in [-0.2, 0) is 16.0 Å². The Morgan fingerprint density at radius 3 is 2.85 bits per heavy atom. The molecule has 0 radical (unpaired) electrons. The molecule has 20 heavy (non-hydrogen) atoms. The standard InChI is InChI=1S/C13H12N2O3S2/c16-11(15-4-9(5-15)13(17)18)3-10-7-20-12(14-10)8-1-2-19-6-8/h1-2,6-7,9H,3-5H2,(H,17,18). The van der Waals surface area contributed by atoms with E-state index in [0.29, 0.717) is 13.1 Å². The lowest BCUT2D eigenvalue weighted by Crippen LogP contribution is -2.53. The molecule has 2 aromatic rings. The Hall–Kier alpha value is -1.73. The molecule has 3 rings (SSSR count). The second-order valence-corrected chi connectivity index (χ2v) is 6.30. The van der Waals surface area contributed by atoms with Crippen molar-refractivity contribution in [3.63, 3.8) is 0 Å². The quantitative estimate of drug-likeness (QED) is 0.937. The average Bonchev–Trinajstić information content (AvgIpc) is 2.95. The minimum absolute atomic E-state index is 0.0512. The number of hydrogen-bond acceptors (Lipinski definition) is 5. The average molecular weight is 308 g/mol. The normalized spacial score (nSPS) is 15.1. The zero-order valence-electron chi connectivity index (χ0n) is 10.5. The molecule has 0 spiro atoms. The van der Waals surface area contributed by atoms with Crippen LogP contribution in [0.25, 0.3) is 10.6 Å². The highest BCUT2D eigenvalue weighted by atomic mass is 32.1. The summed E-state index contributed by atoms with van der Waals surface area (Å²) >= 11 is 3.14. The Bertz CT molecular complexity index is 630. The minimum atomic E-state index is -0.831. The van der Waals surface area contributed by atoms with Crippen LogP contribution in [0.5, 0.6) is 0 Å². The summed E-state index contributed by atoms with van der Waals surface area (Å²) in [5, 5.41) is 15.6. The Balaban J connectivity index is 1.59. The number of carboxylic acids is 1. The van der Waals surface area contributed by atoms with Gasteiger partial charge in [0.1, 0.15) is 5.01 Å². The summed E-state index contributed by atoms with van der Waals surface area (Å²) in [6.07, 6.45) is 0.243. The number of carbonyl (C=O) groups excluding carboxylic acids is 1. The van der Waals surface area contributed by atoms with E-state index in [0.717, 1.165) is 16.3 Å². The van der Waals surface area contributed by atoms with E-state index in [-0.39, 0.29) is 12.3 Å². The van der Waals surface area contributed by atoms with Crippen LogP contribution >= 0.6 is 22.7 Å². The molecule has 0 aliphatic carbocycles. The van der Waals surface area contributed by atoms with E-state index in [9.17, 15) is 9.59 Å². The molecule has 3 heterocycles. The Morgan fingerprint density at radius 1 is 1.40 bits per heavy atom. The van der Waals surface area contributed by atoms with Crippen molar-refractivity contribution in [2.45, 2.75) is 6.42 Å². The minimum Gasteiger partial charge on any atom is -0.481 e. The second-order valence-electron chi connectivity index (χ2n) is 4.67. The summed E-state index contributed by atoms with van der Waals surface area (Å²) in [6, 6.07) is 2.00. The fourth-order valence-corrected chi connectivity index (χ4v) is 3.54. The van der Waals surface area contributed by atoms with Crippen LogP contribution < -0.4 is 0 Å². The molecule has 1 aliphatic rings. The SMILES string of the molecule is O=C(O)C1CN(C(=O)Cc2csc(-c3ccsc3)n2)C1. The Morgan fingerprint density at radius 2 is 2.20 bits per heavy atom. The van der Waals surface area contributed by atoms with E-state index in [2.05, 4.69) is 4.98 Å². The summed E-state index contributed by atoms with van der Waals surface area (Å²) in [5.41, 5.74) is 1.83. The van der Waals surface area contributed by atoms with E-state index >= 15 is 0 Å². The molecule has 5 nitrogen and oxygen atoms in total. The molecule has 104 valence electrons. The zero-order valence-corrected chi connectivity index (χ0v) is 12.1. The lowest BCUT2D eigenvalue weighted by molar-refractivity contribution is -0.152. The number of carbonyl (C=O) groups is 2. The number of hydrogen-bond donors (Lipinski definition) is 1. The Kier molecular flexibility index (Phi) is 3.54. The van der Waals surface area contributed by atoms with Crippen LogP contribution in [0.2, 0.25) is 0 Å². The first-order valence-electron chi connectivity index (χ1n) is 6.11.